The Morgan fingerprint density at radius 3 is 2.64 bits per heavy atom. The Kier molecular flexibility index (Phi) is 7.36. The molecule has 0 saturated carbocycles. The molecule has 0 spiro atoms. The van der Waals surface area contributed by atoms with Crippen LogP contribution in [0.25, 0.3) is 10.8 Å². The van der Waals surface area contributed by atoms with Crippen molar-refractivity contribution in [1.29, 1.82) is 0 Å². The van der Waals surface area contributed by atoms with Crippen LogP contribution in [0, 0.1) is 0 Å². The van der Waals surface area contributed by atoms with Gasteiger partial charge in [0.2, 0.25) is 5.91 Å². The van der Waals surface area contributed by atoms with Crippen molar-refractivity contribution in [3.8, 4) is 0 Å². The van der Waals surface area contributed by atoms with Crippen molar-refractivity contribution in [2.24, 2.45) is 0 Å². The molecule has 0 aromatic heterocycles. The van der Waals surface area contributed by atoms with E-state index in [-0.39, 0.29) is 12.3 Å². The number of nitrogens with one attached hydrogen (secondary N) is 2. The zero-order valence-corrected chi connectivity index (χ0v) is 16.0. The maximum atomic E-state index is 12.3. The number of carbonyl (C=O) groups is 2. The third-order valence-electron chi connectivity index (χ3n) is 5.13. The summed E-state index contributed by atoms with van der Waals surface area (Å²) < 4.78 is 5.33. The van der Waals surface area contributed by atoms with E-state index >= 15 is 0 Å². The SMILES string of the molecule is O=C(C[C@H]([NH2+]CCC[NH+]1CCOCC1)C(=O)[O-])Nc1ccc2ccccc2c1. The largest absolute Gasteiger partial charge is 0.544 e. The van der Waals surface area contributed by atoms with Gasteiger partial charge in [0, 0.05) is 12.1 Å². The van der Waals surface area contributed by atoms with Gasteiger partial charge in [0.05, 0.1) is 38.7 Å². The van der Waals surface area contributed by atoms with Gasteiger partial charge in [0.1, 0.15) is 19.1 Å². The van der Waals surface area contributed by atoms with E-state index in [0.29, 0.717) is 12.2 Å². The summed E-state index contributed by atoms with van der Waals surface area (Å²) in [5.41, 5.74) is 0.664. The number of hydrogen-bond donors (Lipinski definition) is 3. The number of carboxylic acids is 1. The number of morpholine rings is 1. The number of quaternary nitrogens is 2. The second-order valence-electron chi connectivity index (χ2n) is 7.23. The summed E-state index contributed by atoms with van der Waals surface area (Å²) >= 11 is 0. The minimum Gasteiger partial charge on any atom is -0.544 e. The monoisotopic (exact) mass is 386 g/mol. The molecule has 1 atom stereocenters. The Morgan fingerprint density at radius 1 is 1.14 bits per heavy atom. The molecule has 0 radical (unpaired) electrons. The summed E-state index contributed by atoms with van der Waals surface area (Å²) in [7, 11) is 0. The Morgan fingerprint density at radius 2 is 1.89 bits per heavy atom. The van der Waals surface area contributed by atoms with Gasteiger partial charge in [0.15, 0.2) is 0 Å². The topological polar surface area (TPSA) is 99.5 Å². The number of fused-ring (bicyclic) bond motifs is 1. The lowest BCUT2D eigenvalue weighted by Crippen LogP contribution is -3.14. The zero-order valence-electron chi connectivity index (χ0n) is 16.0. The molecule has 1 aliphatic rings. The quantitative estimate of drug-likeness (QED) is 0.441. The summed E-state index contributed by atoms with van der Waals surface area (Å²) in [5, 5.41) is 18.0. The Labute approximate surface area is 164 Å². The molecule has 0 bridgehead atoms. The fourth-order valence-corrected chi connectivity index (χ4v) is 3.52. The van der Waals surface area contributed by atoms with E-state index in [2.05, 4.69) is 5.32 Å². The van der Waals surface area contributed by atoms with Crippen molar-refractivity contribution in [2.75, 3.05) is 44.7 Å². The van der Waals surface area contributed by atoms with E-state index in [1.807, 2.05) is 42.5 Å². The predicted molar refractivity (Wildman–Crippen MR) is 104 cm³/mol. The lowest BCUT2D eigenvalue weighted by atomic mass is 10.1. The van der Waals surface area contributed by atoms with Gasteiger partial charge < -0.3 is 30.2 Å². The fourth-order valence-electron chi connectivity index (χ4n) is 3.52. The highest BCUT2D eigenvalue weighted by atomic mass is 16.5. The van der Waals surface area contributed by atoms with Crippen LogP contribution in [-0.4, -0.2) is 57.3 Å². The summed E-state index contributed by atoms with van der Waals surface area (Å²) in [5.74, 6) is -1.52. The van der Waals surface area contributed by atoms with Gasteiger partial charge >= 0.3 is 0 Å². The van der Waals surface area contributed by atoms with Gasteiger partial charge in [-0.15, -0.1) is 0 Å². The average molecular weight is 386 g/mol. The van der Waals surface area contributed by atoms with Crippen molar-refractivity contribution in [1.82, 2.24) is 0 Å². The first-order valence-corrected chi connectivity index (χ1v) is 9.86. The van der Waals surface area contributed by atoms with Gasteiger partial charge in [-0.1, -0.05) is 30.3 Å². The predicted octanol–water partition coefficient (Wildman–Crippen LogP) is -1.84. The van der Waals surface area contributed by atoms with Crippen LogP contribution in [0.4, 0.5) is 5.69 Å². The lowest BCUT2D eigenvalue weighted by molar-refractivity contribution is -0.909. The number of carboxylic acid groups (broad SMARTS) is 1. The van der Waals surface area contributed by atoms with Crippen LogP contribution >= 0.6 is 0 Å². The minimum atomic E-state index is -1.20. The van der Waals surface area contributed by atoms with E-state index in [4.69, 9.17) is 4.74 Å². The number of carbonyl (C=O) groups excluding carboxylic acids is 2. The van der Waals surface area contributed by atoms with Crippen LogP contribution in [0.15, 0.2) is 42.5 Å². The van der Waals surface area contributed by atoms with E-state index in [0.717, 1.165) is 50.0 Å². The fraction of sp³-hybridized carbons (Fsp3) is 0.429. The van der Waals surface area contributed by atoms with Crippen LogP contribution < -0.4 is 20.6 Å². The van der Waals surface area contributed by atoms with Crippen LogP contribution in [0.3, 0.4) is 0 Å². The van der Waals surface area contributed by atoms with Crippen molar-refractivity contribution >= 4 is 28.3 Å². The van der Waals surface area contributed by atoms with E-state index < -0.39 is 12.0 Å². The van der Waals surface area contributed by atoms with Crippen LogP contribution in [0.1, 0.15) is 12.8 Å². The number of hydrogen-bond acceptors (Lipinski definition) is 4. The normalized spacial score (nSPS) is 16.0. The number of aliphatic carboxylic acids is 1. The summed E-state index contributed by atoms with van der Waals surface area (Å²) in [4.78, 5) is 25.2. The van der Waals surface area contributed by atoms with Crippen LogP contribution in [0.2, 0.25) is 0 Å². The average Bonchev–Trinajstić information content (AvgIpc) is 2.70. The highest BCUT2D eigenvalue weighted by Crippen LogP contribution is 2.18. The van der Waals surface area contributed by atoms with Crippen molar-refractivity contribution < 1.29 is 29.6 Å². The number of rotatable bonds is 9. The molecular formula is C21H28N3O4+. The highest BCUT2D eigenvalue weighted by Gasteiger charge is 2.19. The zero-order chi connectivity index (χ0) is 19.8. The van der Waals surface area contributed by atoms with Gasteiger partial charge in [-0.2, -0.15) is 0 Å². The standard InChI is InChI=1S/C21H27N3O4/c25-20(23-18-7-6-16-4-1-2-5-17(16)14-18)15-19(21(26)27)22-8-3-9-24-10-12-28-13-11-24/h1-2,4-7,14,19,22H,3,8-13,15H2,(H,23,25)(H,26,27)/p+1/t19-/m0/s1. The van der Waals surface area contributed by atoms with Crippen molar-refractivity contribution in [3.05, 3.63) is 42.5 Å². The highest BCUT2D eigenvalue weighted by molar-refractivity contribution is 5.96. The maximum Gasteiger partial charge on any atom is 0.230 e. The molecule has 0 unspecified atom stereocenters. The summed E-state index contributed by atoms with van der Waals surface area (Å²) in [6.45, 7) is 5.22. The molecule has 1 amide bonds. The Bertz CT molecular complexity index is 805. The molecule has 2 aromatic rings. The molecule has 7 heteroatoms. The molecule has 28 heavy (non-hydrogen) atoms. The Hall–Kier alpha value is -2.48. The van der Waals surface area contributed by atoms with E-state index in [1.54, 1.807) is 5.32 Å². The second kappa shape index (κ2) is 10.2. The summed E-state index contributed by atoms with van der Waals surface area (Å²) in [6, 6.07) is 12.6. The maximum absolute atomic E-state index is 12.3. The van der Waals surface area contributed by atoms with E-state index in [9.17, 15) is 14.7 Å². The first-order valence-electron chi connectivity index (χ1n) is 9.86. The van der Waals surface area contributed by atoms with Crippen molar-refractivity contribution in [2.45, 2.75) is 18.9 Å². The number of nitrogens with two attached hydrogens (primary N) is 1. The molecule has 1 fully saturated rings. The number of benzene rings is 2. The minimum absolute atomic E-state index is 0.112. The number of ether oxygens (including phenoxy) is 1. The van der Waals surface area contributed by atoms with Gasteiger partial charge in [0.25, 0.3) is 0 Å². The van der Waals surface area contributed by atoms with Gasteiger partial charge in [-0.25, -0.2) is 0 Å². The molecule has 7 nitrogen and oxygen atoms in total. The molecule has 1 aliphatic heterocycles. The van der Waals surface area contributed by atoms with E-state index in [1.165, 1.54) is 4.90 Å². The third-order valence-corrected chi connectivity index (χ3v) is 5.13. The molecule has 4 N–H and O–H groups in total. The molecule has 1 heterocycles. The molecule has 3 rings (SSSR count). The third kappa shape index (κ3) is 6.02. The summed E-state index contributed by atoms with van der Waals surface area (Å²) in [6.07, 6.45) is 0.783. The first kappa shape index (κ1) is 20.3. The van der Waals surface area contributed by atoms with Crippen molar-refractivity contribution in [3.63, 3.8) is 0 Å². The number of anilines is 1. The lowest BCUT2D eigenvalue weighted by Gasteiger charge is -2.23. The smallest absolute Gasteiger partial charge is 0.230 e. The van der Waals surface area contributed by atoms with Crippen LogP contribution in [-0.2, 0) is 14.3 Å². The first-order chi connectivity index (χ1) is 13.6. The second-order valence-corrected chi connectivity index (χ2v) is 7.23. The molecule has 2 aromatic carbocycles. The van der Waals surface area contributed by atoms with Gasteiger partial charge in [-0.3, -0.25) is 4.79 Å². The molecular weight excluding hydrogens is 358 g/mol. The molecule has 0 aliphatic carbocycles. The molecule has 1 saturated heterocycles. The van der Waals surface area contributed by atoms with Crippen LogP contribution in [0.5, 0.6) is 0 Å². The number of amides is 1. The Balaban J connectivity index is 1.45. The molecule has 150 valence electrons. The van der Waals surface area contributed by atoms with Gasteiger partial charge in [-0.05, 0) is 22.9 Å².